The van der Waals surface area contributed by atoms with Crippen molar-refractivity contribution in [2.75, 3.05) is 0 Å². The maximum absolute atomic E-state index is 10.5. The second kappa shape index (κ2) is 3.82. The quantitative estimate of drug-likeness (QED) is 0.845. The first-order chi connectivity index (χ1) is 8.26. The zero-order valence-electron chi connectivity index (χ0n) is 9.71. The third-order valence-corrected chi connectivity index (χ3v) is 4.56. The standard InChI is InChI=1S/C14H16N2O/c15-9-14(8-10-4-5-11(14)7-10)13(17)12-3-1-2-6-16-12/h1-3,6,10-11,13,17H,4-5,7-8H2. The summed E-state index contributed by atoms with van der Waals surface area (Å²) in [6.07, 6.45) is 5.20. The van der Waals surface area contributed by atoms with Crippen LogP contribution in [0.5, 0.6) is 0 Å². The van der Waals surface area contributed by atoms with Crippen LogP contribution in [0.3, 0.4) is 0 Å². The van der Waals surface area contributed by atoms with Crippen LogP contribution in [0.4, 0.5) is 0 Å². The minimum Gasteiger partial charge on any atom is -0.385 e. The fourth-order valence-electron chi connectivity index (χ4n) is 3.71. The third kappa shape index (κ3) is 1.48. The summed E-state index contributed by atoms with van der Waals surface area (Å²) in [7, 11) is 0. The van der Waals surface area contributed by atoms with Gasteiger partial charge in [0.05, 0.1) is 17.2 Å². The van der Waals surface area contributed by atoms with Crippen molar-refractivity contribution in [1.29, 1.82) is 5.26 Å². The highest BCUT2D eigenvalue weighted by Gasteiger charge is 2.56. The van der Waals surface area contributed by atoms with Gasteiger partial charge in [0.25, 0.3) is 0 Å². The summed E-state index contributed by atoms with van der Waals surface area (Å²) in [6, 6.07) is 7.93. The Bertz CT molecular complexity index is 453. The van der Waals surface area contributed by atoms with Crippen LogP contribution in [0.15, 0.2) is 24.4 Å². The normalized spacial score (nSPS) is 36.7. The van der Waals surface area contributed by atoms with E-state index in [1.807, 2.05) is 18.2 Å². The second-order valence-electron chi connectivity index (χ2n) is 5.39. The fourth-order valence-corrected chi connectivity index (χ4v) is 3.71. The van der Waals surface area contributed by atoms with Crippen LogP contribution in [-0.2, 0) is 0 Å². The maximum Gasteiger partial charge on any atom is 0.115 e. The Morgan fingerprint density at radius 1 is 1.47 bits per heavy atom. The van der Waals surface area contributed by atoms with Crippen LogP contribution in [0.2, 0.25) is 0 Å². The Morgan fingerprint density at radius 3 is 2.88 bits per heavy atom. The van der Waals surface area contributed by atoms with Gasteiger partial charge in [0.1, 0.15) is 6.10 Å². The van der Waals surface area contributed by atoms with Gasteiger partial charge >= 0.3 is 0 Å². The first-order valence-corrected chi connectivity index (χ1v) is 6.26. The van der Waals surface area contributed by atoms with Crippen LogP contribution in [0, 0.1) is 28.6 Å². The third-order valence-electron chi connectivity index (χ3n) is 4.56. The van der Waals surface area contributed by atoms with E-state index < -0.39 is 11.5 Å². The van der Waals surface area contributed by atoms with Gasteiger partial charge in [0.15, 0.2) is 0 Å². The predicted molar refractivity (Wildman–Crippen MR) is 62.7 cm³/mol. The molecule has 3 heteroatoms. The van der Waals surface area contributed by atoms with Crippen LogP contribution in [-0.4, -0.2) is 10.1 Å². The number of aliphatic hydroxyl groups excluding tert-OH is 1. The van der Waals surface area contributed by atoms with Gasteiger partial charge in [-0.1, -0.05) is 12.5 Å². The molecular weight excluding hydrogens is 212 g/mol. The van der Waals surface area contributed by atoms with Crippen molar-refractivity contribution in [1.82, 2.24) is 4.98 Å². The number of aliphatic hydroxyl groups is 1. The van der Waals surface area contributed by atoms with Crippen molar-refractivity contribution in [3.8, 4) is 6.07 Å². The van der Waals surface area contributed by atoms with Crippen molar-refractivity contribution in [2.45, 2.75) is 31.8 Å². The Hall–Kier alpha value is -1.40. The molecule has 4 atom stereocenters. The molecule has 2 aliphatic carbocycles. The van der Waals surface area contributed by atoms with Crippen molar-refractivity contribution >= 4 is 0 Å². The van der Waals surface area contributed by atoms with Gasteiger partial charge in [-0.05, 0) is 43.2 Å². The Balaban J connectivity index is 1.95. The molecule has 17 heavy (non-hydrogen) atoms. The molecule has 0 aliphatic heterocycles. The lowest BCUT2D eigenvalue weighted by atomic mass is 9.69. The molecule has 0 radical (unpaired) electrons. The molecule has 2 fully saturated rings. The van der Waals surface area contributed by atoms with E-state index in [0.717, 1.165) is 19.3 Å². The molecule has 0 aromatic carbocycles. The molecule has 3 nitrogen and oxygen atoms in total. The Kier molecular flexibility index (Phi) is 2.41. The van der Waals surface area contributed by atoms with E-state index in [0.29, 0.717) is 17.5 Å². The highest BCUT2D eigenvalue weighted by atomic mass is 16.3. The molecule has 1 heterocycles. The van der Waals surface area contributed by atoms with Gasteiger partial charge in [-0.3, -0.25) is 4.98 Å². The first kappa shape index (κ1) is 10.7. The average molecular weight is 228 g/mol. The van der Waals surface area contributed by atoms with E-state index in [-0.39, 0.29) is 0 Å². The van der Waals surface area contributed by atoms with Gasteiger partial charge in [-0.15, -0.1) is 0 Å². The molecule has 2 bridgehead atoms. The van der Waals surface area contributed by atoms with Gasteiger partial charge in [0, 0.05) is 6.20 Å². The zero-order valence-corrected chi connectivity index (χ0v) is 9.71. The summed E-state index contributed by atoms with van der Waals surface area (Å²) >= 11 is 0. The van der Waals surface area contributed by atoms with Gasteiger partial charge in [-0.2, -0.15) is 5.26 Å². The smallest absolute Gasteiger partial charge is 0.115 e. The molecule has 88 valence electrons. The summed E-state index contributed by atoms with van der Waals surface area (Å²) in [5.74, 6) is 0.993. The van der Waals surface area contributed by atoms with Gasteiger partial charge < -0.3 is 5.11 Å². The average Bonchev–Trinajstić information content (AvgIpc) is 2.99. The minimum absolute atomic E-state index is 0.356. The fraction of sp³-hybridized carbons (Fsp3) is 0.571. The molecule has 2 saturated carbocycles. The summed E-state index contributed by atoms with van der Waals surface area (Å²) in [6.45, 7) is 0. The van der Waals surface area contributed by atoms with Crippen molar-refractivity contribution in [2.24, 2.45) is 17.3 Å². The van der Waals surface area contributed by atoms with E-state index in [1.54, 1.807) is 6.20 Å². The molecule has 4 unspecified atom stereocenters. The highest BCUT2D eigenvalue weighted by Crippen LogP contribution is 2.60. The number of rotatable bonds is 2. The number of hydrogen-bond acceptors (Lipinski definition) is 3. The molecule has 0 spiro atoms. The first-order valence-electron chi connectivity index (χ1n) is 6.26. The van der Waals surface area contributed by atoms with E-state index in [9.17, 15) is 10.4 Å². The molecule has 1 aromatic heterocycles. The van der Waals surface area contributed by atoms with Gasteiger partial charge in [-0.25, -0.2) is 0 Å². The van der Waals surface area contributed by atoms with E-state index in [1.165, 1.54) is 6.42 Å². The molecule has 2 aliphatic rings. The number of nitriles is 1. The van der Waals surface area contributed by atoms with Crippen LogP contribution < -0.4 is 0 Å². The summed E-state index contributed by atoms with van der Waals surface area (Å²) in [4.78, 5) is 4.20. The number of aromatic nitrogens is 1. The highest BCUT2D eigenvalue weighted by molar-refractivity contribution is 5.21. The summed E-state index contributed by atoms with van der Waals surface area (Å²) in [5.41, 5.74) is 0.0543. The number of fused-ring (bicyclic) bond motifs is 2. The molecule has 0 amide bonds. The Morgan fingerprint density at radius 2 is 2.35 bits per heavy atom. The summed E-state index contributed by atoms with van der Waals surface area (Å²) in [5, 5.41) is 20.0. The minimum atomic E-state index is -0.732. The Labute approximate surface area is 101 Å². The van der Waals surface area contributed by atoms with E-state index >= 15 is 0 Å². The molecule has 0 saturated heterocycles. The lowest BCUT2D eigenvalue weighted by Gasteiger charge is -2.35. The lowest BCUT2D eigenvalue weighted by molar-refractivity contribution is 0.0203. The predicted octanol–water partition coefficient (Wildman–Crippen LogP) is 2.44. The zero-order chi connectivity index (χ0) is 11.9. The number of nitrogens with zero attached hydrogens (tertiary/aromatic N) is 2. The molecule has 1 aromatic rings. The topological polar surface area (TPSA) is 56.9 Å². The van der Waals surface area contributed by atoms with Crippen molar-refractivity contribution in [3.63, 3.8) is 0 Å². The number of pyridine rings is 1. The van der Waals surface area contributed by atoms with Crippen LogP contribution in [0.25, 0.3) is 0 Å². The second-order valence-corrected chi connectivity index (χ2v) is 5.39. The van der Waals surface area contributed by atoms with Gasteiger partial charge in [0.2, 0.25) is 0 Å². The van der Waals surface area contributed by atoms with Crippen LogP contribution >= 0.6 is 0 Å². The SMILES string of the molecule is N#CC1(C(O)c2ccccn2)CC2CCC1C2. The molecule has 3 rings (SSSR count). The lowest BCUT2D eigenvalue weighted by Crippen LogP contribution is -2.33. The monoisotopic (exact) mass is 228 g/mol. The summed E-state index contributed by atoms with van der Waals surface area (Å²) < 4.78 is 0. The molecule has 1 N–H and O–H groups in total. The largest absolute Gasteiger partial charge is 0.385 e. The van der Waals surface area contributed by atoms with Crippen molar-refractivity contribution in [3.05, 3.63) is 30.1 Å². The maximum atomic E-state index is 10.5. The molecular formula is C14H16N2O. The van der Waals surface area contributed by atoms with E-state index in [4.69, 9.17) is 0 Å². The number of hydrogen-bond donors (Lipinski definition) is 1. The van der Waals surface area contributed by atoms with E-state index in [2.05, 4.69) is 11.1 Å². The van der Waals surface area contributed by atoms with Crippen molar-refractivity contribution < 1.29 is 5.11 Å². The van der Waals surface area contributed by atoms with Crippen LogP contribution in [0.1, 0.15) is 37.5 Å².